The Morgan fingerprint density at radius 2 is 0.824 bits per heavy atom. The first-order valence-electron chi connectivity index (χ1n) is 17.2. The van der Waals surface area contributed by atoms with Crippen LogP contribution in [0.3, 0.4) is 0 Å². The minimum absolute atomic E-state index is 0.0220. The predicted molar refractivity (Wildman–Crippen MR) is 183 cm³/mol. The third kappa shape index (κ3) is 4.71. The number of hydrogen-bond acceptors (Lipinski definition) is 0. The number of benzene rings is 4. The van der Waals surface area contributed by atoms with Gasteiger partial charge in [0, 0.05) is 6.16 Å². The molecule has 3 aliphatic rings. The quantitative estimate of drug-likeness (QED) is 0.0645. The van der Waals surface area contributed by atoms with Gasteiger partial charge in [0.25, 0.3) is 0 Å². The summed E-state index contributed by atoms with van der Waals surface area (Å²) in [6.45, 7) is 11.7. The Labute approximate surface area is 290 Å². The number of halogens is 10. The first kappa shape index (κ1) is 36.1. The summed E-state index contributed by atoms with van der Waals surface area (Å²) in [6.07, 6.45) is -3.03. The molecule has 0 nitrogen and oxygen atoms in total. The lowest BCUT2D eigenvalue weighted by atomic mass is 9.10. The second-order valence-electron chi connectivity index (χ2n) is 15.4. The molecule has 1 saturated heterocycles. The summed E-state index contributed by atoms with van der Waals surface area (Å²) in [5, 5.41) is 1.98. The number of fused-ring (bicyclic) bond motifs is 5. The molecule has 270 valence electrons. The van der Waals surface area contributed by atoms with Crippen molar-refractivity contribution in [2.24, 2.45) is 11.8 Å². The van der Waals surface area contributed by atoms with Crippen LogP contribution in [-0.4, -0.2) is 18.0 Å². The minimum Gasteiger partial charge on any atom is -0.207 e. The molecule has 7 rings (SSSR count). The molecule has 4 aromatic carbocycles. The largest absolute Gasteiger partial charge is 0.207 e. The summed E-state index contributed by atoms with van der Waals surface area (Å²) in [6, 6.07) is 8.08. The molecule has 0 unspecified atom stereocenters. The monoisotopic (exact) mass is 736 g/mol. The van der Waals surface area contributed by atoms with Gasteiger partial charge in [-0.1, -0.05) is 47.7 Å². The van der Waals surface area contributed by atoms with Crippen LogP contribution in [0.4, 0.5) is 43.9 Å². The smallest absolute Gasteiger partial charge is 0.200 e. The molecule has 2 saturated carbocycles. The van der Waals surface area contributed by atoms with Gasteiger partial charge in [-0.2, -0.15) is 0 Å². The van der Waals surface area contributed by atoms with E-state index in [9.17, 15) is 8.78 Å². The van der Waals surface area contributed by atoms with Gasteiger partial charge in [0.15, 0.2) is 34.9 Å². The average molecular weight is 736 g/mol. The van der Waals surface area contributed by atoms with Crippen LogP contribution >= 0.6 is 7.26 Å². The molecule has 2 aliphatic carbocycles. The molecule has 0 amide bonds. The Morgan fingerprint density at radius 3 is 1.20 bits per heavy atom. The Balaban J connectivity index is 1.69. The van der Waals surface area contributed by atoms with Gasteiger partial charge in [0.2, 0.25) is 0 Å². The molecule has 4 aromatic rings. The highest BCUT2D eigenvalue weighted by Gasteiger charge is 2.70. The van der Waals surface area contributed by atoms with Crippen LogP contribution in [0, 0.1) is 112 Å². The minimum atomic E-state index is -3.87. The zero-order valence-corrected chi connectivity index (χ0v) is 29.9. The number of rotatable bonds is 4. The summed E-state index contributed by atoms with van der Waals surface area (Å²) in [5.74, 6) is -25.5. The van der Waals surface area contributed by atoms with Crippen molar-refractivity contribution in [3.05, 3.63) is 116 Å². The Hall–Kier alpha value is -3.33. The first-order valence-corrected chi connectivity index (χ1v) is 19.2. The third-order valence-corrected chi connectivity index (χ3v) is 18.4. The molecule has 1 aliphatic heterocycles. The van der Waals surface area contributed by atoms with E-state index in [4.69, 9.17) is 0 Å². The lowest BCUT2D eigenvalue weighted by Gasteiger charge is -2.60. The Kier molecular flexibility index (Phi) is 8.56. The molecular weight excluding hydrogens is 700 g/mol. The number of hydrogen-bond donors (Lipinski definition) is 0. The van der Waals surface area contributed by atoms with Crippen molar-refractivity contribution in [3.63, 3.8) is 0 Å². The molecule has 4 atom stereocenters. The molecule has 0 radical (unpaired) electrons. The van der Waals surface area contributed by atoms with Crippen LogP contribution in [0.2, 0.25) is 12.1 Å². The second kappa shape index (κ2) is 12.1. The van der Waals surface area contributed by atoms with Gasteiger partial charge in [0.1, 0.15) is 33.9 Å². The van der Waals surface area contributed by atoms with Crippen LogP contribution in [-0.2, 0) is 0 Å². The molecule has 0 spiro atoms. The lowest BCUT2D eigenvalue weighted by Crippen LogP contribution is -2.72. The van der Waals surface area contributed by atoms with Gasteiger partial charge in [-0.05, 0) is 82.6 Å². The van der Waals surface area contributed by atoms with E-state index in [0.717, 1.165) is 44.0 Å². The molecule has 1 heterocycles. The maximum absolute atomic E-state index is 16.3. The SMILES string of the molecule is Cc1cc(C)c([P+]2(c3c(C)cc(C)cc3C)CC[B-](c3c(F)c(F)c(F)c(F)c3F)(c3c(F)c(F)c(F)c(F)c3F)[C@H]3[C@@H]4CC[C@@H](C4)[C@H]32)c(C)c1. The predicted octanol–water partition coefficient (Wildman–Crippen LogP) is 9.34. The Bertz CT molecular complexity index is 1930. The fourth-order valence-electron chi connectivity index (χ4n) is 11.7. The van der Waals surface area contributed by atoms with Gasteiger partial charge in [-0.3, -0.25) is 0 Å². The summed E-state index contributed by atoms with van der Waals surface area (Å²) in [4.78, 5) is 0. The van der Waals surface area contributed by atoms with Crippen LogP contribution in [0.15, 0.2) is 24.3 Å². The third-order valence-electron chi connectivity index (χ3n) is 12.6. The van der Waals surface area contributed by atoms with Gasteiger partial charge < -0.3 is 0 Å². The molecule has 0 N–H and O–H groups in total. The van der Waals surface area contributed by atoms with Gasteiger partial charge in [0.05, 0.1) is 19.1 Å². The van der Waals surface area contributed by atoms with Crippen LogP contribution < -0.4 is 21.5 Å². The van der Waals surface area contributed by atoms with E-state index in [0.29, 0.717) is 19.3 Å². The topological polar surface area (TPSA) is 0 Å². The summed E-state index contributed by atoms with van der Waals surface area (Å²) < 4.78 is 156. The van der Waals surface area contributed by atoms with Gasteiger partial charge >= 0.3 is 0 Å². The molecule has 51 heavy (non-hydrogen) atoms. The highest BCUT2D eigenvalue weighted by atomic mass is 31.2. The van der Waals surface area contributed by atoms with Crippen molar-refractivity contribution >= 4 is 34.9 Å². The van der Waals surface area contributed by atoms with E-state index in [1.54, 1.807) is 0 Å². The highest BCUT2D eigenvalue weighted by molar-refractivity contribution is 7.91. The Morgan fingerprint density at radius 1 is 0.490 bits per heavy atom. The van der Waals surface area contributed by atoms with Crippen molar-refractivity contribution in [1.29, 1.82) is 0 Å². The summed E-state index contributed by atoms with van der Waals surface area (Å²) in [5.41, 5.74) is 2.07. The van der Waals surface area contributed by atoms with Crippen molar-refractivity contribution in [3.8, 4) is 0 Å². The van der Waals surface area contributed by atoms with E-state index in [1.165, 1.54) is 0 Å². The maximum atomic E-state index is 16.3. The van der Waals surface area contributed by atoms with Crippen molar-refractivity contribution in [2.75, 3.05) is 6.16 Å². The van der Waals surface area contributed by atoms with E-state index in [2.05, 4.69) is 0 Å². The standard InChI is InChI=1S/C39H36BF10P/c1-16-11-18(3)37(19(4)12-16)51(38-20(5)13-17(2)14-21(38)6)10-9-40(24-22-7-8-23(15-22)39(24)51,25-27(41)31(45)35(49)32(46)28(25)42)26-29(43)33(47)36(50)34(48)30(26)44/h11-14,22-24,39H,7-10,15H2,1-6H3/t22-,23+,24+,39-/m1/s1. The summed E-state index contributed by atoms with van der Waals surface area (Å²) in [7, 11) is -2.88. The van der Waals surface area contributed by atoms with Crippen LogP contribution in [0.25, 0.3) is 0 Å². The fraction of sp³-hybridized carbons (Fsp3) is 0.385. The molecular formula is C39H36BF10P. The van der Waals surface area contributed by atoms with Crippen LogP contribution in [0.5, 0.6) is 0 Å². The van der Waals surface area contributed by atoms with Crippen molar-refractivity contribution < 1.29 is 43.9 Å². The van der Waals surface area contributed by atoms with Crippen molar-refractivity contribution in [2.45, 2.75) is 78.6 Å². The van der Waals surface area contributed by atoms with Crippen LogP contribution in [0.1, 0.15) is 52.6 Å². The molecule has 0 aromatic heterocycles. The van der Waals surface area contributed by atoms with E-state index in [1.807, 2.05) is 65.8 Å². The van der Waals surface area contributed by atoms with E-state index >= 15 is 35.1 Å². The molecule has 3 fully saturated rings. The normalized spacial score (nSPS) is 23.2. The zero-order chi connectivity index (χ0) is 37.2. The maximum Gasteiger partial charge on any atom is 0.200 e. The first-order chi connectivity index (χ1) is 23.9. The second-order valence-corrected chi connectivity index (χ2v) is 19.0. The van der Waals surface area contributed by atoms with Crippen molar-refractivity contribution in [1.82, 2.24) is 0 Å². The summed E-state index contributed by atoms with van der Waals surface area (Å²) >= 11 is 0. The average Bonchev–Trinajstić information content (AvgIpc) is 3.69. The highest BCUT2D eigenvalue weighted by Crippen LogP contribution is 2.79. The lowest BCUT2D eigenvalue weighted by molar-refractivity contribution is 0.379. The van der Waals surface area contributed by atoms with E-state index in [-0.39, 0.29) is 12.1 Å². The van der Waals surface area contributed by atoms with Gasteiger partial charge in [-0.15, -0.1) is 23.1 Å². The van der Waals surface area contributed by atoms with Gasteiger partial charge in [-0.25, -0.2) is 43.9 Å². The molecule has 2 bridgehead atoms. The fourth-order valence-corrected chi connectivity index (χ4v) is 19.0. The number of aryl methyl sites for hydroxylation is 6. The van der Waals surface area contributed by atoms with E-state index < -0.39 is 106 Å². The zero-order valence-electron chi connectivity index (χ0n) is 29.0. The molecule has 12 heteroatoms.